The van der Waals surface area contributed by atoms with Crippen molar-refractivity contribution in [1.29, 1.82) is 0 Å². The smallest absolute Gasteiger partial charge is 0.408 e. The van der Waals surface area contributed by atoms with Gasteiger partial charge in [0.2, 0.25) is 0 Å². The highest BCUT2D eigenvalue weighted by Gasteiger charge is 2.32. The van der Waals surface area contributed by atoms with Gasteiger partial charge in [0.1, 0.15) is 12.6 Å². The maximum atomic E-state index is 12.8. The lowest BCUT2D eigenvalue weighted by Gasteiger charge is -2.21. The lowest BCUT2D eigenvalue weighted by atomic mass is 9.95. The number of thioether (sulfide) groups is 1. The van der Waals surface area contributed by atoms with Gasteiger partial charge in [-0.3, -0.25) is 4.79 Å². The van der Waals surface area contributed by atoms with Crippen LogP contribution in [0.15, 0.2) is 46.9 Å². The maximum absolute atomic E-state index is 12.8. The number of allylic oxidation sites excluding steroid dienone is 2. The molecule has 39 heavy (non-hydrogen) atoms. The van der Waals surface area contributed by atoms with Crippen LogP contribution in [0.1, 0.15) is 55.7 Å². The van der Waals surface area contributed by atoms with Crippen molar-refractivity contribution < 1.29 is 33.3 Å². The third kappa shape index (κ3) is 6.76. The summed E-state index contributed by atoms with van der Waals surface area (Å²) in [5.74, 6) is 1.45. The molecule has 0 saturated carbocycles. The Morgan fingerprint density at radius 3 is 2.44 bits per heavy atom. The SMILES string of the molecule is CCOC(=O)C(CCSc1cc2c(c(OC)c1OC)C1=C(CCC1)C(=O)CC2)NC(=O)OCc1ccccc1. The molecule has 1 N–H and O–H groups in total. The molecule has 0 fully saturated rings. The number of hydrogen-bond donors (Lipinski definition) is 1. The van der Waals surface area contributed by atoms with Gasteiger partial charge >= 0.3 is 12.1 Å². The molecule has 0 bridgehead atoms. The third-order valence-electron chi connectivity index (χ3n) is 6.91. The van der Waals surface area contributed by atoms with E-state index in [9.17, 15) is 14.4 Å². The summed E-state index contributed by atoms with van der Waals surface area (Å²) in [5, 5.41) is 2.65. The van der Waals surface area contributed by atoms with Crippen molar-refractivity contribution in [3.05, 3.63) is 58.7 Å². The Morgan fingerprint density at radius 1 is 0.974 bits per heavy atom. The highest BCUT2D eigenvalue weighted by atomic mass is 32.2. The molecule has 1 atom stereocenters. The minimum Gasteiger partial charge on any atom is -0.492 e. The second kappa shape index (κ2) is 13.6. The molecule has 0 aliphatic heterocycles. The van der Waals surface area contributed by atoms with E-state index in [0.29, 0.717) is 36.5 Å². The monoisotopic (exact) mass is 553 g/mol. The van der Waals surface area contributed by atoms with Gasteiger partial charge in [0.05, 0.1) is 25.7 Å². The zero-order valence-corrected chi connectivity index (χ0v) is 23.5. The van der Waals surface area contributed by atoms with Crippen molar-refractivity contribution in [2.45, 2.75) is 63.0 Å². The number of aryl methyl sites for hydroxylation is 1. The molecular weight excluding hydrogens is 518 g/mol. The standard InChI is InChI=1S/C30H35NO7S/c1-4-37-29(33)23(31-30(34)38-18-19-9-6-5-7-10-19)15-16-39-25-17-20-13-14-24(32)21-11-8-12-22(21)26(20)28(36-3)27(25)35-2/h5-7,9-10,17,23H,4,8,11-16,18H2,1-3H3,(H,31,34). The van der Waals surface area contributed by atoms with Gasteiger partial charge < -0.3 is 24.3 Å². The summed E-state index contributed by atoms with van der Waals surface area (Å²) in [4.78, 5) is 38.7. The molecule has 8 nitrogen and oxygen atoms in total. The number of alkyl carbamates (subject to hydrolysis) is 1. The fourth-order valence-corrected chi connectivity index (χ4v) is 6.21. The van der Waals surface area contributed by atoms with Crippen molar-refractivity contribution >= 4 is 35.2 Å². The molecule has 208 valence electrons. The molecule has 0 heterocycles. The Labute approximate surface area is 233 Å². The Hall–Kier alpha value is -3.46. The topological polar surface area (TPSA) is 100 Å². The lowest BCUT2D eigenvalue weighted by Crippen LogP contribution is -2.42. The van der Waals surface area contributed by atoms with Crippen LogP contribution < -0.4 is 14.8 Å². The first-order chi connectivity index (χ1) is 19.0. The quantitative estimate of drug-likeness (QED) is 0.288. The summed E-state index contributed by atoms with van der Waals surface area (Å²) in [6.07, 6.45) is 3.38. The summed E-state index contributed by atoms with van der Waals surface area (Å²) >= 11 is 1.50. The number of fused-ring (bicyclic) bond motifs is 2. The summed E-state index contributed by atoms with van der Waals surface area (Å²) in [7, 11) is 3.22. The average Bonchev–Trinajstić information content (AvgIpc) is 3.39. The van der Waals surface area contributed by atoms with Gasteiger partial charge in [-0.2, -0.15) is 0 Å². The third-order valence-corrected chi connectivity index (χ3v) is 7.96. The van der Waals surface area contributed by atoms with Gasteiger partial charge in [0, 0.05) is 17.7 Å². The van der Waals surface area contributed by atoms with Crippen LogP contribution in [0.3, 0.4) is 0 Å². The molecule has 4 rings (SSSR count). The number of benzene rings is 2. The molecule has 0 saturated heterocycles. The lowest BCUT2D eigenvalue weighted by molar-refractivity contribution is -0.145. The highest BCUT2D eigenvalue weighted by Crippen LogP contribution is 2.50. The Balaban J connectivity index is 1.48. The molecule has 1 unspecified atom stereocenters. The number of ketones is 1. The van der Waals surface area contributed by atoms with E-state index in [1.54, 1.807) is 21.1 Å². The summed E-state index contributed by atoms with van der Waals surface area (Å²) < 4.78 is 22.1. The van der Waals surface area contributed by atoms with Crippen molar-refractivity contribution in [3.63, 3.8) is 0 Å². The first-order valence-electron chi connectivity index (χ1n) is 13.3. The number of carbonyl (C=O) groups excluding carboxylic acids is 3. The molecule has 9 heteroatoms. The zero-order chi connectivity index (χ0) is 27.8. The van der Waals surface area contributed by atoms with E-state index in [2.05, 4.69) is 11.4 Å². The molecule has 1 amide bonds. The highest BCUT2D eigenvalue weighted by molar-refractivity contribution is 7.99. The number of amides is 1. The van der Waals surface area contributed by atoms with Crippen molar-refractivity contribution in [1.82, 2.24) is 5.32 Å². The Morgan fingerprint density at radius 2 is 1.72 bits per heavy atom. The number of rotatable bonds is 11. The number of hydrogen-bond acceptors (Lipinski definition) is 8. The number of carbonyl (C=O) groups is 3. The number of ether oxygens (including phenoxy) is 4. The molecule has 2 aromatic rings. The number of methoxy groups -OCH3 is 2. The van der Waals surface area contributed by atoms with Crippen LogP contribution >= 0.6 is 11.8 Å². The predicted molar refractivity (Wildman–Crippen MR) is 149 cm³/mol. The van der Waals surface area contributed by atoms with Crippen LogP contribution in [0.5, 0.6) is 11.5 Å². The van der Waals surface area contributed by atoms with E-state index >= 15 is 0 Å². The van der Waals surface area contributed by atoms with Crippen molar-refractivity contribution in [3.8, 4) is 11.5 Å². The molecule has 0 aromatic heterocycles. The van der Waals surface area contributed by atoms with E-state index in [1.807, 2.05) is 30.3 Å². The zero-order valence-electron chi connectivity index (χ0n) is 22.7. The van der Waals surface area contributed by atoms with Gasteiger partial charge in [0.25, 0.3) is 0 Å². The molecule has 2 aliphatic rings. The van der Waals surface area contributed by atoms with E-state index in [0.717, 1.165) is 52.0 Å². The first kappa shape index (κ1) is 28.5. The average molecular weight is 554 g/mol. The summed E-state index contributed by atoms with van der Waals surface area (Å²) in [6.45, 7) is 2.03. The fourth-order valence-electron chi connectivity index (χ4n) is 5.10. The Bertz CT molecular complexity index is 1240. The van der Waals surface area contributed by atoms with E-state index in [1.165, 1.54) is 11.8 Å². The largest absolute Gasteiger partial charge is 0.492 e. The van der Waals surface area contributed by atoms with Gasteiger partial charge in [-0.15, -0.1) is 11.8 Å². The second-order valence-electron chi connectivity index (χ2n) is 9.36. The minimum atomic E-state index is -0.863. The molecule has 2 aliphatic carbocycles. The maximum Gasteiger partial charge on any atom is 0.408 e. The molecule has 2 aromatic carbocycles. The van der Waals surface area contributed by atoms with Gasteiger partial charge in [-0.05, 0) is 67.4 Å². The van der Waals surface area contributed by atoms with Crippen LogP contribution in [0.4, 0.5) is 4.79 Å². The second-order valence-corrected chi connectivity index (χ2v) is 10.5. The van der Waals surface area contributed by atoms with Crippen LogP contribution in [0, 0.1) is 0 Å². The molecule has 0 radical (unpaired) electrons. The summed E-state index contributed by atoms with van der Waals surface area (Å²) in [6, 6.07) is 10.5. The number of nitrogens with one attached hydrogen (secondary N) is 1. The van der Waals surface area contributed by atoms with Gasteiger partial charge in [0.15, 0.2) is 17.3 Å². The van der Waals surface area contributed by atoms with Gasteiger partial charge in [-0.1, -0.05) is 30.3 Å². The normalized spacial score (nSPS) is 15.1. The fraction of sp³-hybridized carbons (Fsp3) is 0.433. The van der Waals surface area contributed by atoms with Crippen LogP contribution in [0.25, 0.3) is 5.57 Å². The molecular formula is C30H35NO7S. The van der Waals surface area contributed by atoms with Gasteiger partial charge in [-0.25, -0.2) is 9.59 Å². The predicted octanol–water partition coefficient (Wildman–Crippen LogP) is 5.50. The van der Waals surface area contributed by atoms with E-state index in [4.69, 9.17) is 18.9 Å². The minimum absolute atomic E-state index is 0.101. The van der Waals surface area contributed by atoms with Crippen molar-refractivity contribution in [2.24, 2.45) is 0 Å². The number of esters is 1. The van der Waals surface area contributed by atoms with Crippen LogP contribution in [0.2, 0.25) is 0 Å². The summed E-state index contributed by atoms with van der Waals surface area (Å²) in [5.41, 5.74) is 4.92. The first-order valence-corrected chi connectivity index (χ1v) is 14.2. The number of Topliss-reactive ketones (excluding diaryl/α,β-unsaturated/α-hetero) is 1. The molecule has 0 spiro atoms. The van der Waals surface area contributed by atoms with Crippen molar-refractivity contribution in [2.75, 3.05) is 26.6 Å². The van der Waals surface area contributed by atoms with Crippen LogP contribution in [-0.4, -0.2) is 50.5 Å². The van der Waals surface area contributed by atoms with E-state index < -0.39 is 18.1 Å². The Kier molecular flexibility index (Phi) is 9.92. The van der Waals surface area contributed by atoms with Crippen LogP contribution in [-0.2, 0) is 32.1 Å². The van der Waals surface area contributed by atoms with E-state index in [-0.39, 0.29) is 19.0 Å².